The first kappa shape index (κ1) is 18.2. The van der Waals surface area contributed by atoms with Gasteiger partial charge in [0.25, 0.3) is 11.8 Å². The first-order valence-corrected chi connectivity index (χ1v) is 8.64. The van der Waals surface area contributed by atoms with Gasteiger partial charge in [0.05, 0.1) is 13.2 Å². The molecule has 4 N–H and O–H groups in total. The first-order chi connectivity index (χ1) is 11.4. The lowest BCUT2D eigenvalue weighted by atomic mass is 9.96. The molecule has 2 unspecified atom stereocenters. The van der Waals surface area contributed by atoms with Crippen LogP contribution in [0.5, 0.6) is 0 Å². The van der Waals surface area contributed by atoms with Crippen molar-refractivity contribution in [1.82, 2.24) is 15.4 Å². The van der Waals surface area contributed by atoms with Crippen LogP contribution in [0.2, 0.25) is 0 Å². The van der Waals surface area contributed by atoms with Crippen molar-refractivity contribution < 1.29 is 40.5 Å². The SMILES string of the molecule is NC1(CONC(=O)C2CC(F)(F)C3CN2C(=O)N3OS(=O)(=O)O)CC1. The number of rotatable bonds is 6. The van der Waals surface area contributed by atoms with Crippen LogP contribution in [0.1, 0.15) is 19.3 Å². The largest absolute Gasteiger partial charge is 0.418 e. The zero-order valence-electron chi connectivity index (χ0n) is 12.7. The van der Waals surface area contributed by atoms with E-state index in [4.69, 9.17) is 15.1 Å². The third kappa shape index (κ3) is 3.67. The number of carbonyl (C=O) groups is 2. The molecule has 11 nitrogen and oxygen atoms in total. The fourth-order valence-electron chi connectivity index (χ4n) is 2.71. The van der Waals surface area contributed by atoms with Crippen molar-refractivity contribution in [2.45, 2.75) is 42.8 Å². The van der Waals surface area contributed by atoms with Crippen molar-refractivity contribution in [2.75, 3.05) is 13.2 Å². The van der Waals surface area contributed by atoms with Gasteiger partial charge in [0.2, 0.25) is 0 Å². The van der Waals surface area contributed by atoms with Crippen LogP contribution in [-0.2, 0) is 24.3 Å². The number of urea groups is 1. The predicted molar refractivity (Wildman–Crippen MR) is 74.0 cm³/mol. The summed E-state index contributed by atoms with van der Waals surface area (Å²) in [6.45, 7) is -0.656. The summed E-state index contributed by atoms with van der Waals surface area (Å²) >= 11 is 0. The van der Waals surface area contributed by atoms with Gasteiger partial charge in [-0.1, -0.05) is 0 Å². The molecule has 1 saturated carbocycles. The quantitative estimate of drug-likeness (QED) is 0.379. The van der Waals surface area contributed by atoms with Crippen LogP contribution in [-0.4, -0.2) is 71.6 Å². The molecule has 3 aliphatic rings. The van der Waals surface area contributed by atoms with E-state index >= 15 is 0 Å². The van der Waals surface area contributed by atoms with Crippen LogP contribution < -0.4 is 11.2 Å². The number of hydrogen-bond acceptors (Lipinski definition) is 7. The summed E-state index contributed by atoms with van der Waals surface area (Å²) < 4.78 is 62.5. The summed E-state index contributed by atoms with van der Waals surface area (Å²) in [6.07, 6.45) is 0.356. The minimum atomic E-state index is -5.18. The van der Waals surface area contributed by atoms with E-state index in [-0.39, 0.29) is 11.7 Å². The average molecular weight is 386 g/mol. The molecule has 0 spiro atoms. The van der Waals surface area contributed by atoms with Crippen LogP contribution in [0.25, 0.3) is 0 Å². The Labute approximate surface area is 140 Å². The molecule has 3 rings (SSSR count). The highest BCUT2D eigenvalue weighted by Crippen LogP contribution is 2.41. The zero-order valence-corrected chi connectivity index (χ0v) is 13.5. The van der Waals surface area contributed by atoms with E-state index in [1.54, 1.807) is 0 Å². The summed E-state index contributed by atoms with van der Waals surface area (Å²) in [5.41, 5.74) is 7.19. The maximum Gasteiger partial charge on any atom is 0.418 e. The molecule has 0 aromatic carbocycles. The third-order valence-electron chi connectivity index (χ3n) is 4.32. The highest BCUT2D eigenvalue weighted by molar-refractivity contribution is 7.80. The maximum atomic E-state index is 14.2. The van der Waals surface area contributed by atoms with Gasteiger partial charge in [-0.25, -0.2) is 19.1 Å². The van der Waals surface area contributed by atoms with Crippen LogP contribution in [0, 0.1) is 0 Å². The van der Waals surface area contributed by atoms with E-state index in [0.717, 1.165) is 4.90 Å². The van der Waals surface area contributed by atoms with Crippen molar-refractivity contribution in [1.29, 1.82) is 0 Å². The lowest BCUT2D eigenvalue weighted by Gasteiger charge is -2.34. The van der Waals surface area contributed by atoms with Crippen molar-refractivity contribution in [3.8, 4) is 0 Å². The van der Waals surface area contributed by atoms with Crippen LogP contribution in [0.3, 0.4) is 0 Å². The van der Waals surface area contributed by atoms with Gasteiger partial charge in [0.15, 0.2) is 0 Å². The van der Waals surface area contributed by atoms with E-state index in [1.165, 1.54) is 0 Å². The van der Waals surface area contributed by atoms with Gasteiger partial charge in [-0.3, -0.25) is 14.2 Å². The van der Waals surface area contributed by atoms with Gasteiger partial charge in [-0.15, -0.1) is 4.28 Å². The monoisotopic (exact) mass is 386 g/mol. The number of alkyl halides is 2. The van der Waals surface area contributed by atoms with E-state index in [0.29, 0.717) is 12.8 Å². The molecular weight excluding hydrogens is 370 g/mol. The second-order valence-corrected chi connectivity index (χ2v) is 7.38. The fourth-order valence-corrected chi connectivity index (χ4v) is 3.08. The molecule has 142 valence electrons. The van der Waals surface area contributed by atoms with Crippen molar-refractivity contribution >= 4 is 22.3 Å². The van der Waals surface area contributed by atoms with E-state index in [1.807, 2.05) is 5.48 Å². The zero-order chi connectivity index (χ0) is 18.6. The van der Waals surface area contributed by atoms with Gasteiger partial charge in [-0.2, -0.15) is 13.5 Å². The molecule has 3 amide bonds. The summed E-state index contributed by atoms with van der Waals surface area (Å²) in [5, 5.41) is -0.136. The number of fused-ring (bicyclic) bond motifs is 2. The highest BCUT2D eigenvalue weighted by atomic mass is 32.3. The number of piperidine rings is 1. The average Bonchev–Trinajstić information content (AvgIpc) is 3.12. The summed E-state index contributed by atoms with van der Waals surface area (Å²) in [4.78, 5) is 29.8. The molecule has 2 saturated heterocycles. The van der Waals surface area contributed by atoms with Gasteiger partial charge >= 0.3 is 16.4 Å². The van der Waals surface area contributed by atoms with E-state index in [2.05, 4.69) is 4.28 Å². The van der Waals surface area contributed by atoms with E-state index in [9.17, 15) is 26.8 Å². The minimum absolute atomic E-state index is 0.00356. The summed E-state index contributed by atoms with van der Waals surface area (Å²) in [6, 6.07) is -4.83. The normalized spacial score (nSPS) is 29.7. The number of carbonyl (C=O) groups excluding carboxylic acids is 2. The van der Waals surface area contributed by atoms with Gasteiger partial charge in [-0.05, 0) is 12.8 Å². The molecule has 0 aromatic rings. The number of nitrogens with one attached hydrogen (secondary N) is 1. The Balaban J connectivity index is 1.70. The Hall–Kier alpha value is -1.61. The molecule has 25 heavy (non-hydrogen) atoms. The van der Waals surface area contributed by atoms with Gasteiger partial charge in [0.1, 0.15) is 12.1 Å². The molecule has 0 radical (unpaired) electrons. The molecule has 2 heterocycles. The lowest BCUT2D eigenvalue weighted by molar-refractivity contribution is -0.159. The van der Waals surface area contributed by atoms with Crippen molar-refractivity contribution in [2.24, 2.45) is 5.73 Å². The number of amides is 3. The molecule has 1 aliphatic carbocycles. The minimum Gasteiger partial charge on any atom is -0.323 e. The smallest absolute Gasteiger partial charge is 0.323 e. The molecule has 3 fully saturated rings. The van der Waals surface area contributed by atoms with E-state index < -0.39 is 58.8 Å². The first-order valence-electron chi connectivity index (χ1n) is 7.27. The second-order valence-electron chi connectivity index (χ2n) is 6.38. The Morgan fingerprint density at radius 1 is 1.44 bits per heavy atom. The number of halogens is 2. The van der Waals surface area contributed by atoms with Crippen molar-refractivity contribution in [3.05, 3.63) is 0 Å². The Bertz CT molecular complexity index is 699. The molecule has 2 bridgehead atoms. The third-order valence-corrected chi connectivity index (χ3v) is 4.67. The summed E-state index contributed by atoms with van der Waals surface area (Å²) in [5.74, 6) is -4.62. The molecular formula is C11H16F2N4O7S. The van der Waals surface area contributed by atoms with Crippen LogP contribution >= 0.6 is 0 Å². The maximum absolute atomic E-state index is 14.2. The second kappa shape index (κ2) is 5.70. The topological polar surface area (TPSA) is 151 Å². The Morgan fingerprint density at radius 2 is 2.08 bits per heavy atom. The Kier molecular flexibility index (Phi) is 4.15. The molecule has 14 heteroatoms. The highest BCUT2D eigenvalue weighted by Gasteiger charge is 2.62. The summed E-state index contributed by atoms with van der Waals surface area (Å²) in [7, 11) is -5.18. The number of hydroxylamine groups is 3. The number of nitrogens with zero attached hydrogens (tertiary/aromatic N) is 2. The fraction of sp³-hybridized carbons (Fsp3) is 0.818. The van der Waals surface area contributed by atoms with Gasteiger partial charge in [0, 0.05) is 12.0 Å². The molecule has 0 aromatic heterocycles. The van der Waals surface area contributed by atoms with Crippen molar-refractivity contribution in [3.63, 3.8) is 0 Å². The number of hydrogen-bond donors (Lipinski definition) is 3. The van der Waals surface area contributed by atoms with Crippen LogP contribution in [0.15, 0.2) is 0 Å². The Morgan fingerprint density at radius 3 is 2.64 bits per heavy atom. The number of nitrogens with two attached hydrogens (primary N) is 1. The molecule has 2 atom stereocenters. The van der Waals surface area contributed by atoms with Crippen LogP contribution in [0.4, 0.5) is 13.6 Å². The predicted octanol–water partition coefficient (Wildman–Crippen LogP) is -1.23. The molecule has 2 aliphatic heterocycles. The lowest BCUT2D eigenvalue weighted by Crippen LogP contribution is -2.56. The van der Waals surface area contributed by atoms with Gasteiger partial charge < -0.3 is 10.6 Å². The standard InChI is InChI=1S/C11H16F2N4O7S/c12-11(13)3-6(8(18)15-23-5-10(14)1-2-10)16-4-7(11)17(9(16)19)24-25(20,21)22/h6-7H,1-5,14H2,(H,15,18)(H,20,21,22).